The van der Waals surface area contributed by atoms with Gasteiger partial charge in [0.15, 0.2) is 17.8 Å². The molecule has 2 aromatic carbocycles. The number of carbonyl (C=O) groups is 1. The Morgan fingerprint density at radius 2 is 1.95 bits per heavy atom. The van der Waals surface area contributed by atoms with Crippen LogP contribution in [0.5, 0.6) is 11.5 Å². The van der Waals surface area contributed by atoms with E-state index in [1.54, 1.807) is 24.3 Å². The molecule has 21 heavy (non-hydrogen) atoms. The summed E-state index contributed by atoms with van der Waals surface area (Å²) < 4.78 is 24.7. The van der Waals surface area contributed by atoms with E-state index in [2.05, 4.69) is 0 Å². The van der Waals surface area contributed by atoms with Crippen LogP contribution in [0.4, 0.5) is 4.39 Å². The maximum atomic E-state index is 13.7. The molecule has 0 heterocycles. The summed E-state index contributed by atoms with van der Waals surface area (Å²) in [6.45, 7) is 2.17. The van der Waals surface area contributed by atoms with E-state index in [1.165, 1.54) is 12.1 Å². The van der Waals surface area contributed by atoms with Gasteiger partial charge < -0.3 is 9.47 Å². The largest absolute Gasteiger partial charge is 0.490 e. The second-order valence-corrected chi connectivity index (χ2v) is 4.62. The molecule has 0 aliphatic rings. The third-order valence-electron chi connectivity index (χ3n) is 2.86. The zero-order chi connectivity index (χ0) is 15.2. The van der Waals surface area contributed by atoms with Crippen LogP contribution in [0.25, 0.3) is 0 Å². The van der Waals surface area contributed by atoms with E-state index in [1.807, 2.05) is 6.92 Å². The summed E-state index contributed by atoms with van der Waals surface area (Å²) in [5.41, 5.74) is 0.579. The number of ether oxygens (including phenoxy) is 2. The zero-order valence-corrected chi connectivity index (χ0v) is 12.2. The summed E-state index contributed by atoms with van der Waals surface area (Å²) >= 11 is 5.95. The molecule has 0 aliphatic heterocycles. The van der Waals surface area contributed by atoms with Gasteiger partial charge in [-0.25, -0.2) is 4.39 Å². The fraction of sp³-hybridized carbons (Fsp3) is 0.188. The highest BCUT2D eigenvalue weighted by molar-refractivity contribution is 6.31. The van der Waals surface area contributed by atoms with Crippen molar-refractivity contribution in [1.82, 2.24) is 0 Å². The van der Waals surface area contributed by atoms with Crippen molar-refractivity contribution in [2.75, 3.05) is 6.61 Å². The third kappa shape index (κ3) is 3.52. The lowest BCUT2D eigenvalue weighted by molar-refractivity contribution is 0.111. The van der Waals surface area contributed by atoms with Crippen molar-refractivity contribution < 1.29 is 18.7 Å². The van der Waals surface area contributed by atoms with E-state index < -0.39 is 5.82 Å². The molecule has 2 rings (SSSR count). The normalized spacial score (nSPS) is 10.2. The summed E-state index contributed by atoms with van der Waals surface area (Å²) in [5.74, 6) is 0.271. The zero-order valence-electron chi connectivity index (χ0n) is 11.4. The average molecular weight is 309 g/mol. The molecule has 0 spiro atoms. The summed E-state index contributed by atoms with van der Waals surface area (Å²) in [7, 11) is 0. The molecule has 0 amide bonds. The summed E-state index contributed by atoms with van der Waals surface area (Å²) in [6, 6.07) is 9.39. The van der Waals surface area contributed by atoms with Crippen LogP contribution in [0, 0.1) is 5.82 Å². The van der Waals surface area contributed by atoms with Crippen molar-refractivity contribution in [3.8, 4) is 11.5 Å². The van der Waals surface area contributed by atoms with Gasteiger partial charge in [-0.1, -0.05) is 23.7 Å². The van der Waals surface area contributed by atoms with Gasteiger partial charge in [-0.05, 0) is 31.2 Å². The van der Waals surface area contributed by atoms with Crippen molar-refractivity contribution in [2.24, 2.45) is 0 Å². The summed E-state index contributed by atoms with van der Waals surface area (Å²) in [5, 5.41) is 0.275. The van der Waals surface area contributed by atoms with Crippen LogP contribution < -0.4 is 9.47 Å². The molecule has 0 saturated heterocycles. The highest BCUT2D eigenvalue weighted by Gasteiger charge is 2.13. The predicted molar refractivity (Wildman–Crippen MR) is 78.7 cm³/mol. The number of para-hydroxylation sites is 1. The molecule has 0 N–H and O–H groups in total. The van der Waals surface area contributed by atoms with Gasteiger partial charge in [-0.2, -0.15) is 0 Å². The number of benzene rings is 2. The number of rotatable bonds is 6. The van der Waals surface area contributed by atoms with Crippen LogP contribution in [0.2, 0.25) is 5.02 Å². The molecule has 0 fully saturated rings. The van der Waals surface area contributed by atoms with Gasteiger partial charge >= 0.3 is 0 Å². The molecule has 0 aliphatic carbocycles. The average Bonchev–Trinajstić information content (AvgIpc) is 2.48. The number of halogens is 2. The minimum atomic E-state index is -0.455. The standard InChI is InChI=1S/C16H14ClFO3/c1-2-20-15-8-3-5-11(9-19)16(15)21-10-12-13(17)6-4-7-14(12)18/h3-9H,2,10H2,1H3. The van der Waals surface area contributed by atoms with Gasteiger partial charge in [0, 0.05) is 5.56 Å². The highest BCUT2D eigenvalue weighted by atomic mass is 35.5. The lowest BCUT2D eigenvalue weighted by Gasteiger charge is -2.14. The monoisotopic (exact) mass is 308 g/mol. The molecule has 5 heteroatoms. The second-order valence-electron chi connectivity index (χ2n) is 4.21. The Kier molecular flexibility index (Phi) is 5.17. The van der Waals surface area contributed by atoms with E-state index in [0.29, 0.717) is 24.2 Å². The first-order chi connectivity index (χ1) is 10.2. The Balaban J connectivity index is 2.29. The molecule has 0 radical (unpaired) electrons. The van der Waals surface area contributed by atoms with Crippen molar-refractivity contribution in [1.29, 1.82) is 0 Å². The lowest BCUT2D eigenvalue weighted by Crippen LogP contribution is -2.04. The fourth-order valence-electron chi connectivity index (χ4n) is 1.86. The van der Waals surface area contributed by atoms with E-state index in [4.69, 9.17) is 21.1 Å². The maximum Gasteiger partial charge on any atom is 0.172 e. The van der Waals surface area contributed by atoms with E-state index in [9.17, 15) is 9.18 Å². The number of carbonyl (C=O) groups excluding carboxylic acids is 1. The van der Waals surface area contributed by atoms with Crippen LogP contribution in [0.3, 0.4) is 0 Å². The minimum absolute atomic E-state index is 0.0869. The van der Waals surface area contributed by atoms with Gasteiger partial charge in [-0.15, -0.1) is 0 Å². The minimum Gasteiger partial charge on any atom is -0.490 e. The van der Waals surface area contributed by atoms with Crippen molar-refractivity contribution in [2.45, 2.75) is 13.5 Å². The molecular weight excluding hydrogens is 295 g/mol. The van der Waals surface area contributed by atoms with Gasteiger partial charge in [0.05, 0.1) is 17.2 Å². The van der Waals surface area contributed by atoms with Crippen LogP contribution in [0.15, 0.2) is 36.4 Å². The van der Waals surface area contributed by atoms with E-state index in [-0.39, 0.29) is 22.9 Å². The Labute approximate surface area is 127 Å². The van der Waals surface area contributed by atoms with Crippen molar-refractivity contribution >= 4 is 17.9 Å². The Morgan fingerprint density at radius 3 is 2.62 bits per heavy atom. The van der Waals surface area contributed by atoms with Crippen LogP contribution in [-0.2, 0) is 6.61 Å². The lowest BCUT2D eigenvalue weighted by atomic mass is 10.2. The van der Waals surface area contributed by atoms with Crippen LogP contribution in [0.1, 0.15) is 22.8 Å². The number of hydrogen-bond donors (Lipinski definition) is 0. The van der Waals surface area contributed by atoms with Gasteiger partial charge in [0.1, 0.15) is 12.4 Å². The molecule has 2 aromatic rings. The van der Waals surface area contributed by atoms with Crippen LogP contribution >= 0.6 is 11.6 Å². The molecule has 0 saturated carbocycles. The molecule has 110 valence electrons. The highest BCUT2D eigenvalue weighted by Crippen LogP contribution is 2.32. The first-order valence-electron chi connectivity index (χ1n) is 6.44. The summed E-state index contributed by atoms with van der Waals surface area (Å²) in [4.78, 5) is 11.1. The van der Waals surface area contributed by atoms with Gasteiger partial charge in [-0.3, -0.25) is 4.79 Å². The van der Waals surface area contributed by atoms with Crippen molar-refractivity contribution in [3.63, 3.8) is 0 Å². The summed E-state index contributed by atoms with van der Waals surface area (Å²) in [6.07, 6.45) is 0.667. The van der Waals surface area contributed by atoms with E-state index >= 15 is 0 Å². The topological polar surface area (TPSA) is 35.5 Å². The van der Waals surface area contributed by atoms with Gasteiger partial charge in [0.25, 0.3) is 0 Å². The first-order valence-corrected chi connectivity index (χ1v) is 6.81. The molecule has 3 nitrogen and oxygen atoms in total. The molecule has 0 bridgehead atoms. The third-order valence-corrected chi connectivity index (χ3v) is 3.21. The molecule has 0 atom stereocenters. The van der Waals surface area contributed by atoms with Gasteiger partial charge in [0.2, 0.25) is 0 Å². The maximum absolute atomic E-state index is 13.7. The quantitative estimate of drug-likeness (QED) is 0.748. The Hall–Kier alpha value is -2.07. The molecule has 0 unspecified atom stereocenters. The smallest absolute Gasteiger partial charge is 0.172 e. The Morgan fingerprint density at radius 1 is 1.19 bits per heavy atom. The first kappa shape index (κ1) is 15.3. The number of aldehydes is 1. The van der Waals surface area contributed by atoms with Crippen molar-refractivity contribution in [3.05, 3.63) is 58.4 Å². The SMILES string of the molecule is CCOc1cccc(C=O)c1OCc1c(F)cccc1Cl. The fourth-order valence-corrected chi connectivity index (χ4v) is 2.08. The number of hydrogen-bond acceptors (Lipinski definition) is 3. The van der Waals surface area contributed by atoms with Crippen LogP contribution in [-0.4, -0.2) is 12.9 Å². The molecule has 0 aromatic heterocycles. The predicted octanol–water partition coefficient (Wildman–Crippen LogP) is 4.27. The Bertz CT molecular complexity index is 623. The van der Waals surface area contributed by atoms with E-state index in [0.717, 1.165) is 0 Å². The molecular formula is C16H14ClFO3. The second kappa shape index (κ2) is 7.09.